The van der Waals surface area contributed by atoms with Gasteiger partial charge in [0.1, 0.15) is 11.2 Å². The molecule has 0 saturated carbocycles. The molecule has 0 aromatic carbocycles. The van der Waals surface area contributed by atoms with E-state index in [1.165, 1.54) is 0 Å². The van der Waals surface area contributed by atoms with Gasteiger partial charge in [0.25, 0.3) is 0 Å². The molecule has 0 aliphatic heterocycles. The van der Waals surface area contributed by atoms with E-state index < -0.39 is 28.9 Å². The molecule has 0 unspecified atom stereocenters. The predicted octanol–water partition coefficient (Wildman–Crippen LogP) is 5.38. The topological polar surface area (TPSA) is 72.5 Å². The summed E-state index contributed by atoms with van der Waals surface area (Å²) in [6, 6.07) is 0. The van der Waals surface area contributed by atoms with E-state index in [1.807, 2.05) is 55.4 Å². The van der Waals surface area contributed by atoms with Gasteiger partial charge >= 0.3 is 6.16 Å². The molecule has 156 valence electrons. The Balaban J connectivity index is 4.61. The fourth-order valence-corrected chi connectivity index (χ4v) is 1.06. The lowest BCUT2D eigenvalue weighted by molar-refractivity contribution is -0.462. The molecule has 26 heavy (non-hydrogen) atoms. The van der Waals surface area contributed by atoms with Gasteiger partial charge in [-0.15, -0.1) is 0 Å². The maximum absolute atomic E-state index is 12.1. The highest BCUT2D eigenvalue weighted by molar-refractivity contribution is 5.60. The normalized spacial score (nSPS) is 14.1. The molecule has 0 heterocycles. The summed E-state index contributed by atoms with van der Waals surface area (Å²) in [4.78, 5) is 33.5. The van der Waals surface area contributed by atoms with E-state index in [0.717, 1.165) is 0 Å². The Morgan fingerprint density at radius 3 is 1.08 bits per heavy atom. The van der Waals surface area contributed by atoms with Crippen molar-refractivity contribution in [3.63, 3.8) is 0 Å². The van der Waals surface area contributed by atoms with Crippen LogP contribution in [0.25, 0.3) is 0 Å². The summed E-state index contributed by atoms with van der Waals surface area (Å²) >= 11 is 0. The summed E-state index contributed by atoms with van der Waals surface area (Å²) in [5.41, 5.74) is -1.08. The molecule has 0 bridgehead atoms. The fourth-order valence-electron chi connectivity index (χ4n) is 1.06. The zero-order chi connectivity index (χ0) is 21.0. The molecule has 0 aliphatic rings. The van der Waals surface area contributed by atoms with Gasteiger partial charge in [0, 0.05) is 27.7 Å². The van der Waals surface area contributed by atoms with E-state index >= 15 is 0 Å². The molecule has 0 spiro atoms. The summed E-state index contributed by atoms with van der Waals surface area (Å²) < 4.78 is 10.4. The summed E-state index contributed by atoms with van der Waals surface area (Å²) in [6.45, 7) is 21.8. The molecule has 0 aromatic rings. The van der Waals surface area contributed by atoms with E-state index in [0.29, 0.717) is 0 Å². The van der Waals surface area contributed by atoms with Crippen LogP contribution in [-0.4, -0.2) is 28.9 Å². The molecular weight excluding hydrogens is 340 g/mol. The van der Waals surface area contributed by atoms with Gasteiger partial charge in [0.15, 0.2) is 0 Å². The maximum atomic E-state index is 12.1. The Labute approximate surface area is 158 Å². The lowest BCUT2D eigenvalue weighted by Crippen LogP contribution is -2.42. The Kier molecular flexibility index (Phi) is 8.56. The van der Waals surface area contributed by atoms with Crippen molar-refractivity contribution in [1.82, 2.24) is 0 Å². The van der Waals surface area contributed by atoms with E-state index in [-0.39, 0.29) is 11.8 Å². The van der Waals surface area contributed by atoms with Gasteiger partial charge < -0.3 is 9.47 Å². The maximum Gasteiger partial charge on any atom is 0.513 e. The lowest BCUT2D eigenvalue weighted by Gasteiger charge is -2.34. The standard InChI is InChI=1S/C19H38O7/c1-13(2)16(5,6)23-25-18(9,10)21-15(20)22-19(11,12)26-24-17(7,8)14(3)4/h13-14H,1-12H3. The molecule has 7 heteroatoms. The van der Waals surface area contributed by atoms with E-state index in [9.17, 15) is 4.79 Å². The number of ether oxygens (including phenoxy) is 2. The first-order valence-corrected chi connectivity index (χ1v) is 9.06. The molecule has 0 aromatic heterocycles. The summed E-state index contributed by atoms with van der Waals surface area (Å²) in [7, 11) is 0. The SMILES string of the molecule is CC(C)C(C)(C)OOC(C)(C)OC(=O)OC(C)(C)OOC(C)(C)C(C)C. The second-order valence-corrected chi connectivity index (χ2v) is 9.10. The Hall–Kier alpha value is -0.890. The van der Waals surface area contributed by atoms with Gasteiger partial charge in [-0.25, -0.2) is 14.6 Å². The number of carbonyl (C=O) groups is 1. The van der Waals surface area contributed by atoms with Gasteiger partial charge in [0.2, 0.25) is 11.6 Å². The Morgan fingerprint density at radius 1 is 0.577 bits per heavy atom. The number of rotatable bonds is 10. The number of hydrogen-bond donors (Lipinski definition) is 0. The quantitative estimate of drug-likeness (QED) is 0.219. The van der Waals surface area contributed by atoms with Crippen LogP contribution in [0.5, 0.6) is 0 Å². The van der Waals surface area contributed by atoms with Gasteiger partial charge in [-0.05, 0) is 39.5 Å². The van der Waals surface area contributed by atoms with Crippen molar-refractivity contribution in [2.24, 2.45) is 11.8 Å². The van der Waals surface area contributed by atoms with Crippen LogP contribution in [0.1, 0.15) is 83.1 Å². The Bertz CT molecular complexity index is 411. The van der Waals surface area contributed by atoms with Gasteiger partial charge in [-0.3, -0.25) is 0 Å². The molecule has 0 N–H and O–H groups in total. The Morgan fingerprint density at radius 2 is 0.846 bits per heavy atom. The predicted molar refractivity (Wildman–Crippen MR) is 97.9 cm³/mol. The van der Waals surface area contributed by atoms with Crippen molar-refractivity contribution in [3.05, 3.63) is 0 Å². The van der Waals surface area contributed by atoms with Crippen molar-refractivity contribution >= 4 is 6.16 Å². The average Bonchev–Trinajstić information content (AvgIpc) is 2.42. The number of carbonyl (C=O) groups excluding carboxylic acids is 1. The summed E-state index contributed by atoms with van der Waals surface area (Å²) in [5, 5.41) is 0. The first-order chi connectivity index (χ1) is 11.4. The summed E-state index contributed by atoms with van der Waals surface area (Å²) in [6.07, 6.45) is -0.961. The fraction of sp³-hybridized carbons (Fsp3) is 0.947. The largest absolute Gasteiger partial charge is 0.513 e. The van der Waals surface area contributed by atoms with Crippen molar-refractivity contribution in [1.29, 1.82) is 0 Å². The monoisotopic (exact) mass is 378 g/mol. The van der Waals surface area contributed by atoms with Gasteiger partial charge in [0.05, 0.1) is 0 Å². The van der Waals surface area contributed by atoms with Crippen molar-refractivity contribution < 1.29 is 33.8 Å². The van der Waals surface area contributed by atoms with Crippen molar-refractivity contribution in [2.45, 2.75) is 106 Å². The molecule has 0 saturated heterocycles. The van der Waals surface area contributed by atoms with E-state index in [4.69, 9.17) is 29.0 Å². The van der Waals surface area contributed by atoms with Crippen LogP contribution in [-0.2, 0) is 29.0 Å². The zero-order valence-corrected chi connectivity index (χ0v) is 18.5. The highest BCUT2D eigenvalue weighted by atomic mass is 17.3. The minimum Gasteiger partial charge on any atom is -0.399 e. The minimum atomic E-state index is -1.34. The minimum absolute atomic E-state index is 0.207. The molecule has 0 atom stereocenters. The van der Waals surface area contributed by atoms with Gasteiger partial charge in [-0.1, -0.05) is 27.7 Å². The molecule has 0 rings (SSSR count). The smallest absolute Gasteiger partial charge is 0.399 e. The van der Waals surface area contributed by atoms with E-state index in [1.54, 1.807) is 27.7 Å². The third-order valence-corrected chi connectivity index (χ3v) is 4.35. The van der Waals surface area contributed by atoms with Gasteiger partial charge in [-0.2, -0.15) is 9.78 Å². The molecule has 7 nitrogen and oxygen atoms in total. The van der Waals surface area contributed by atoms with Crippen molar-refractivity contribution in [3.8, 4) is 0 Å². The molecular formula is C19H38O7. The highest BCUT2D eigenvalue weighted by Gasteiger charge is 2.36. The highest BCUT2D eigenvalue weighted by Crippen LogP contribution is 2.27. The van der Waals surface area contributed by atoms with Crippen LogP contribution in [0.15, 0.2) is 0 Å². The average molecular weight is 379 g/mol. The lowest BCUT2D eigenvalue weighted by atomic mass is 9.95. The summed E-state index contributed by atoms with van der Waals surface area (Å²) in [5.74, 6) is -2.26. The van der Waals surface area contributed by atoms with Crippen LogP contribution in [0.4, 0.5) is 4.79 Å². The van der Waals surface area contributed by atoms with Crippen molar-refractivity contribution in [2.75, 3.05) is 0 Å². The van der Waals surface area contributed by atoms with Crippen LogP contribution in [0.3, 0.4) is 0 Å². The molecule has 0 radical (unpaired) electrons. The van der Waals surface area contributed by atoms with Crippen LogP contribution in [0.2, 0.25) is 0 Å². The molecule has 0 amide bonds. The van der Waals surface area contributed by atoms with Crippen LogP contribution in [0, 0.1) is 11.8 Å². The first kappa shape index (κ1) is 25.1. The van der Waals surface area contributed by atoms with Crippen LogP contribution < -0.4 is 0 Å². The zero-order valence-electron chi connectivity index (χ0n) is 18.5. The first-order valence-electron chi connectivity index (χ1n) is 9.06. The number of hydrogen-bond acceptors (Lipinski definition) is 7. The van der Waals surface area contributed by atoms with Crippen LogP contribution >= 0.6 is 0 Å². The molecule has 0 aliphatic carbocycles. The van der Waals surface area contributed by atoms with E-state index in [2.05, 4.69) is 0 Å². The second-order valence-electron chi connectivity index (χ2n) is 9.10. The third kappa shape index (κ3) is 9.16. The second kappa shape index (κ2) is 8.87. The third-order valence-electron chi connectivity index (χ3n) is 4.35. The molecule has 0 fully saturated rings.